The Morgan fingerprint density at radius 2 is 1.52 bits per heavy atom. The van der Waals surface area contributed by atoms with Crippen LogP contribution >= 0.6 is 0 Å². The lowest BCUT2D eigenvalue weighted by Crippen LogP contribution is -2.40. The minimum atomic E-state index is -0.213. The molecule has 4 aliphatic carbocycles. The fourth-order valence-corrected chi connectivity index (χ4v) is 6.05. The number of hydrogen-bond acceptors (Lipinski definition) is 3. The molecule has 3 fully saturated rings. The highest BCUT2D eigenvalue weighted by atomic mass is 16.2. The Hall–Kier alpha value is -3.21. The summed E-state index contributed by atoms with van der Waals surface area (Å²) in [5.41, 5.74) is 3.97. The normalized spacial score (nSPS) is 32.1. The highest BCUT2D eigenvalue weighted by Gasteiger charge is 2.67. The number of carbonyl (C=O) groups is 3. The number of nitrogens with one attached hydrogen (secondary N) is 1. The first-order valence-electron chi connectivity index (χ1n) is 11.0. The van der Waals surface area contributed by atoms with E-state index in [1.165, 1.54) is 4.90 Å². The van der Waals surface area contributed by atoms with Gasteiger partial charge in [0.25, 0.3) is 5.91 Å². The van der Waals surface area contributed by atoms with Crippen LogP contribution in [0.4, 0.5) is 11.4 Å². The summed E-state index contributed by atoms with van der Waals surface area (Å²) in [6, 6.07) is 12.6. The quantitative estimate of drug-likeness (QED) is 0.609. The van der Waals surface area contributed by atoms with Crippen molar-refractivity contribution in [1.29, 1.82) is 0 Å². The summed E-state index contributed by atoms with van der Waals surface area (Å²) < 4.78 is 0. The van der Waals surface area contributed by atoms with E-state index in [9.17, 15) is 14.4 Å². The average molecular weight is 412 g/mol. The lowest BCUT2D eigenvalue weighted by atomic mass is 9.63. The van der Waals surface area contributed by atoms with Gasteiger partial charge < -0.3 is 5.32 Å². The average Bonchev–Trinajstić information content (AvgIpc) is 3.55. The van der Waals surface area contributed by atoms with Gasteiger partial charge in [0, 0.05) is 11.3 Å². The first-order chi connectivity index (χ1) is 15.0. The predicted molar refractivity (Wildman–Crippen MR) is 118 cm³/mol. The summed E-state index contributed by atoms with van der Waals surface area (Å²) >= 11 is 0. The summed E-state index contributed by atoms with van der Waals surface area (Å²) in [7, 11) is 0. The maximum absolute atomic E-state index is 13.2. The van der Waals surface area contributed by atoms with Gasteiger partial charge in [-0.05, 0) is 85.4 Å². The van der Waals surface area contributed by atoms with Crippen LogP contribution in [0.3, 0.4) is 0 Å². The fourth-order valence-electron chi connectivity index (χ4n) is 6.05. The van der Waals surface area contributed by atoms with Crippen LogP contribution in [0.25, 0.3) is 0 Å². The molecule has 1 aliphatic heterocycles. The Kier molecular flexibility index (Phi) is 3.83. The second kappa shape index (κ2) is 6.39. The van der Waals surface area contributed by atoms with Gasteiger partial charge in [-0.25, -0.2) is 0 Å². The molecule has 1 heterocycles. The van der Waals surface area contributed by atoms with Gasteiger partial charge in [0.15, 0.2) is 0 Å². The van der Waals surface area contributed by atoms with Gasteiger partial charge in [0.2, 0.25) is 11.8 Å². The summed E-state index contributed by atoms with van der Waals surface area (Å²) in [4.78, 5) is 40.5. The molecule has 2 aromatic carbocycles. The largest absolute Gasteiger partial charge is 0.322 e. The molecule has 2 bridgehead atoms. The van der Waals surface area contributed by atoms with Crippen molar-refractivity contribution < 1.29 is 14.4 Å². The number of amides is 3. The zero-order valence-corrected chi connectivity index (χ0v) is 17.5. The minimum Gasteiger partial charge on any atom is -0.322 e. The number of nitrogens with zero attached hydrogens (tertiary/aromatic N) is 1. The molecule has 7 rings (SSSR count). The van der Waals surface area contributed by atoms with Crippen molar-refractivity contribution in [1.82, 2.24) is 0 Å². The highest BCUT2D eigenvalue weighted by molar-refractivity contribution is 6.22. The van der Waals surface area contributed by atoms with Crippen molar-refractivity contribution in [3.8, 4) is 0 Å². The highest BCUT2D eigenvalue weighted by Crippen LogP contribution is 2.65. The molecule has 2 saturated carbocycles. The van der Waals surface area contributed by atoms with Crippen molar-refractivity contribution in [2.45, 2.75) is 20.3 Å². The molecule has 0 radical (unpaired) electrons. The van der Waals surface area contributed by atoms with E-state index in [-0.39, 0.29) is 41.4 Å². The van der Waals surface area contributed by atoms with Crippen LogP contribution in [-0.4, -0.2) is 17.7 Å². The van der Waals surface area contributed by atoms with E-state index in [1.807, 2.05) is 32.0 Å². The van der Waals surface area contributed by atoms with Crippen molar-refractivity contribution in [3.05, 3.63) is 71.3 Å². The van der Waals surface area contributed by atoms with Gasteiger partial charge >= 0.3 is 0 Å². The van der Waals surface area contributed by atoms with Gasteiger partial charge in [-0.2, -0.15) is 0 Å². The van der Waals surface area contributed by atoms with Crippen molar-refractivity contribution in [2.24, 2.45) is 35.5 Å². The van der Waals surface area contributed by atoms with E-state index in [4.69, 9.17) is 0 Å². The number of anilines is 2. The Morgan fingerprint density at radius 3 is 2.13 bits per heavy atom. The summed E-state index contributed by atoms with van der Waals surface area (Å²) in [6.45, 7) is 3.98. The first kappa shape index (κ1) is 18.6. The van der Waals surface area contributed by atoms with E-state index >= 15 is 0 Å². The van der Waals surface area contributed by atoms with Crippen LogP contribution in [-0.2, 0) is 9.59 Å². The number of allylic oxidation sites excluding steroid dienone is 2. The van der Waals surface area contributed by atoms with Crippen LogP contribution < -0.4 is 10.2 Å². The third-order valence-corrected chi connectivity index (χ3v) is 7.90. The summed E-state index contributed by atoms with van der Waals surface area (Å²) in [5.74, 6) is 0.813. The molecular formula is C26H24N2O3. The molecule has 5 nitrogen and oxygen atoms in total. The van der Waals surface area contributed by atoms with E-state index < -0.39 is 0 Å². The first-order valence-corrected chi connectivity index (χ1v) is 11.0. The number of imide groups is 1. The van der Waals surface area contributed by atoms with E-state index in [1.54, 1.807) is 24.3 Å². The van der Waals surface area contributed by atoms with Crippen LogP contribution in [0.1, 0.15) is 27.9 Å². The van der Waals surface area contributed by atoms with Crippen molar-refractivity contribution in [3.63, 3.8) is 0 Å². The number of hydrogen-bond donors (Lipinski definition) is 1. The Bertz CT molecular complexity index is 1130. The standard InChI is InChI=1S/C26H24N2O3/c1-13-4-3-5-21(14(13)2)27-24(29)15-6-8-16(9-7-15)28-25(30)22-17-10-11-18(20-12-19(17)20)23(22)26(28)31/h3-11,17-20,22-23H,12H2,1-2H3,(H,27,29)/t17-,18-,19-,20-,22-,23+/m0/s1. The second-order valence-electron chi connectivity index (χ2n) is 9.41. The van der Waals surface area contributed by atoms with Crippen LogP contribution in [0.2, 0.25) is 0 Å². The Labute approximate surface area is 181 Å². The van der Waals surface area contributed by atoms with Gasteiger partial charge in [0.05, 0.1) is 17.5 Å². The molecule has 156 valence electrons. The van der Waals surface area contributed by atoms with Gasteiger partial charge in [-0.15, -0.1) is 0 Å². The Balaban J connectivity index is 1.24. The topological polar surface area (TPSA) is 66.5 Å². The third kappa shape index (κ3) is 2.59. The van der Waals surface area contributed by atoms with Gasteiger partial charge in [-0.3, -0.25) is 19.3 Å². The van der Waals surface area contributed by atoms with Crippen LogP contribution in [0.15, 0.2) is 54.6 Å². The van der Waals surface area contributed by atoms with E-state index in [0.29, 0.717) is 23.1 Å². The molecule has 5 heteroatoms. The number of benzene rings is 2. The van der Waals surface area contributed by atoms with Crippen LogP contribution in [0, 0.1) is 49.4 Å². The monoisotopic (exact) mass is 412 g/mol. The zero-order chi connectivity index (χ0) is 21.4. The molecular weight excluding hydrogens is 388 g/mol. The van der Waals surface area contributed by atoms with E-state index in [0.717, 1.165) is 23.2 Å². The lowest BCUT2D eigenvalue weighted by molar-refractivity contribution is -0.124. The molecule has 2 aromatic rings. The smallest absolute Gasteiger partial charge is 0.255 e. The third-order valence-electron chi connectivity index (χ3n) is 7.90. The van der Waals surface area contributed by atoms with Gasteiger partial charge in [-0.1, -0.05) is 24.3 Å². The molecule has 0 unspecified atom stereocenters. The molecule has 3 amide bonds. The fraction of sp³-hybridized carbons (Fsp3) is 0.346. The summed E-state index contributed by atoms with van der Waals surface area (Å²) in [6.07, 6.45) is 5.50. The number of aryl methyl sites for hydroxylation is 1. The number of rotatable bonds is 3. The zero-order valence-electron chi connectivity index (χ0n) is 17.5. The van der Waals surface area contributed by atoms with Crippen molar-refractivity contribution in [2.75, 3.05) is 10.2 Å². The molecule has 1 N–H and O–H groups in total. The summed E-state index contributed by atoms with van der Waals surface area (Å²) in [5, 5.41) is 2.95. The number of carbonyl (C=O) groups excluding carboxylic acids is 3. The second-order valence-corrected chi connectivity index (χ2v) is 9.41. The maximum atomic E-state index is 13.2. The predicted octanol–water partition coefficient (Wildman–Crippen LogP) is 4.11. The molecule has 5 aliphatic rings. The molecule has 0 aromatic heterocycles. The molecule has 1 saturated heterocycles. The van der Waals surface area contributed by atoms with Crippen LogP contribution in [0.5, 0.6) is 0 Å². The van der Waals surface area contributed by atoms with E-state index in [2.05, 4.69) is 17.5 Å². The maximum Gasteiger partial charge on any atom is 0.255 e. The SMILES string of the molecule is Cc1cccc(NC(=O)c2ccc(N3C(=O)[C@@H]4[C@H]5C=C[C@@H]([C@@H]6C[C@@H]56)[C@@H]4C3=O)cc2)c1C. The minimum absolute atomic E-state index is 0.0766. The lowest BCUT2D eigenvalue weighted by Gasteiger charge is -2.37. The van der Waals surface area contributed by atoms with Crippen molar-refractivity contribution >= 4 is 29.1 Å². The molecule has 6 atom stereocenters. The van der Waals surface area contributed by atoms with Gasteiger partial charge in [0.1, 0.15) is 0 Å². The Morgan fingerprint density at radius 1 is 0.903 bits per heavy atom. The molecule has 31 heavy (non-hydrogen) atoms. The molecule has 0 spiro atoms.